The van der Waals surface area contributed by atoms with E-state index in [1.165, 1.54) is 30.1 Å². The number of thiophene rings is 1. The highest BCUT2D eigenvalue weighted by Crippen LogP contribution is 2.25. The van der Waals surface area contributed by atoms with Crippen molar-refractivity contribution in [3.63, 3.8) is 0 Å². The third-order valence-electron chi connectivity index (χ3n) is 5.93. The molecule has 3 aromatic rings. The summed E-state index contributed by atoms with van der Waals surface area (Å²) in [4.78, 5) is 42.1. The van der Waals surface area contributed by atoms with E-state index in [1.54, 1.807) is 9.47 Å². The number of nitrogens with zero attached hydrogens (tertiary/aromatic N) is 2. The molecular formula is C26H28N2O5S. The van der Waals surface area contributed by atoms with Crippen LogP contribution in [0.1, 0.15) is 42.6 Å². The van der Waals surface area contributed by atoms with Gasteiger partial charge in [-0.3, -0.25) is 9.59 Å². The summed E-state index contributed by atoms with van der Waals surface area (Å²) in [5.74, 6) is -0.365. The zero-order valence-corrected chi connectivity index (χ0v) is 20.2. The van der Waals surface area contributed by atoms with Gasteiger partial charge in [0.25, 0.3) is 11.5 Å². The van der Waals surface area contributed by atoms with Gasteiger partial charge < -0.3 is 18.9 Å². The smallest absolute Gasteiger partial charge is 0.343 e. The maximum absolute atomic E-state index is 13.0. The third kappa shape index (κ3) is 5.22. The number of benzene rings is 1. The van der Waals surface area contributed by atoms with Crippen LogP contribution < -0.4 is 10.3 Å². The van der Waals surface area contributed by atoms with Gasteiger partial charge in [0, 0.05) is 42.7 Å². The molecule has 0 unspecified atom stereocenters. The van der Waals surface area contributed by atoms with Crippen molar-refractivity contribution in [2.24, 2.45) is 0 Å². The molecule has 0 N–H and O–H groups in total. The molecule has 1 amide bonds. The van der Waals surface area contributed by atoms with Gasteiger partial charge in [-0.2, -0.15) is 0 Å². The van der Waals surface area contributed by atoms with Crippen molar-refractivity contribution in [3.05, 3.63) is 85.5 Å². The number of carbonyl (C=O) groups excluding carboxylic acids is 2. The highest BCUT2D eigenvalue weighted by Gasteiger charge is 2.28. The predicted octanol–water partition coefficient (Wildman–Crippen LogP) is 3.71. The fourth-order valence-corrected chi connectivity index (χ4v) is 5.03. The van der Waals surface area contributed by atoms with E-state index in [1.807, 2.05) is 37.3 Å². The largest absolute Gasteiger partial charge is 0.492 e. The number of amides is 1. The van der Waals surface area contributed by atoms with E-state index in [-0.39, 0.29) is 22.8 Å². The number of hydrogen-bond donors (Lipinski definition) is 0. The van der Waals surface area contributed by atoms with Crippen LogP contribution >= 0.6 is 11.3 Å². The van der Waals surface area contributed by atoms with Crippen molar-refractivity contribution >= 4 is 23.2 Å². The SMILES string of the molecule is COC(=O)c1c(OCCCc2ccccc2)cc(=O)n2c1CCN(C(=O)c1ccc(C)s1)CC2. The van der Waals surface area contributed by atoms with Crippen LogP contribution in [0.15, 0.2) is 53.3 Å². The fourth-order valence-electron chi connectivity index (χ4n) is 4.20. The molecule has 2 aromatic heterocycles. The summed E-state index contributed by atoms with van der Waals surface area (Å²) in [6, 6.07) is 15.2. The molecule has 0 fully saturated rings. The Balaban J connectivity index is 1.54. The second-order valence-electron chi connectivity index (χ2n) is 8.20. The molecule has 34 heavy (non-hydrogen) atoms. The summed E-state index contributed by atoms with van der Waals surface area (Å²) >= 11 is 1.45. The monoisotopic (exact) mass is 480 g/mol. The lowest BCUT2D eigenvalue weighted by atomic mass is 10.1. The lowest BCUT2D eigenvalue weighted by Crippen LogP contribution is -2.33. The Morgan fingerprint density at radius 1 is 1.06 bits per heavy atom. The fraction of sp³-hybridized carbons (Fsp3) is 0.346. The van der Waals surface area contributed by atoms with E-state index in [4.69, 9.17) is 9.47 Å². The number of fused-ring (bicyclic) bond motifs is 1. The molecule has 0 radical (unpaired) electrons. The van der Waals surface area contributed by atoms with E-state index in [0.29, 0.717) is 43.2 Å². The molecule has 0 aliphatic carbocycles. The zero-order chi connectivity index (χ0) is 24.1. The number of pyridine rings is 1. The Bertz CT molecular complexity index is 1230. The Labute approximate surface area is 202 Å². The second-order valence-corrected chi connectivity index (χ2v) is 9.49. The first-order chi connectivity index (χ1) is 16.5. The predicted molar refractivity (Wildman–Crippen MR) is 131 cm³/mol. The van der Waals surface area contributed by atoms with Crippen LogP contribution in [0.5, 0.6) is 5.75 Å². The maximum Gasteiger partial charge on any atom is 0.343 e. The van der Waals surface area contributed by atoms with Crippen molar-refractivity contribution in [2.45, 2.75) is 32.7 Å². The van der Waals surface area contributed by atoms with Crippen LogP contribution in [-0.2, 0) is 24.1 Å². The molecule has 178 valence electrons. The Morgan fingerprint density at radius 3 is 2.56 bits per heavy atom. The topological polar surface area (TPSA) is 77.8 Å². The molecular weight excluding hydrogens is 452 g/mol. The minimum Gasteiger partial charge on any atom is -0.492 e. The molecule has 0 bridgehead atoms. The highest BCUT2D eigenvalue weighted by atomic mass is 32.1. The van der Waals surface area contributed by atoms with Gasteiger partial charge in [0.15, 0.2) is 0 Å². The number of rotatable bonds is 7. The molecule has 0 saturated heterocycles. The summed E-state index contributed by atoms with van der Waals surface area (Å²) in [6.07, 6.45) is 1.93. The van der Waals surface area contributed by atoms with Gasteiger partial charge >= 0.3 is 5.97 Å². The normalized spacial score (nSPS) is 13.2. The minimum atomic E-state index is -0.546. The van der Waals surface area contributed by atoms with Crippen LogP contribution in [0.4, 0.5) is 0 Å². The number of aromatic nitrogens is 1. The Kier molecular flexibility index (Phi) is 7.47. The van der Waals surface area contributed by atoms with Gasteiger partial charge in [0.2, 0.25) is 0 Å². The summed E-state index contributed by atoms with van der Waals surface area (Å²) in [7, 11) is 1.31. The highest BCUT2D eigenvalue weighted by molar-refractivity contribution is 7.13. The maximum atomic E-state index is 13.0. The van der Waals surface area contributed by atoms with Crippen LogP contribution in [-0.4, -0.2) is 48.1 Å². The number of carbonyl (C=O) groups is 2. The summed E-state index contributed by atoms with van der Waals surface area (Å²) in [5, 5.41) is 0. The van der Waals surface area contributed by atoms with Crippen molar-refractivity contribution in [1.29, 1.82) is 0 Å². The van der Waals surface area contributed by atoms with E-state index >= 15 is 0 Å². The van der Waals surface area contributed by atoms with Gasteiger partial charge in [-0.25, -0.2) is 4.79 Å². The van der Waals surface area contributed by atoms with Crippen molar-refractivity contribution < 1.29 is 19.1 Å². The molecule has 0 atom stereocenters. The molecule has 8 heteroatoms. The third-order valence-corrected chi connectivity index (χ3v) is 6.92. The number of hydrogen-bond acceptors (Lipinski definition) is 6. The van der Waals surface area contributed by atoms with Crippen molar-refractivity contribution in [1.82, 2.24) is 9.47 Å². The van der Waals surface area contributed by atoms with E-state index in [9.17, 15) is 14.4 Å². The number of methoxy groups -OCH3 is 1. The lowest BCUT2D eigenvalue weighted by molar-refractivity contribution is 0.0593. The Morgan fingerprint density at radius 2 is 1.85 bits per heavy atom. The van der Waals surface area contributed by atoms with Gasteiger partial charge in [-0.1, -0.05) is 30.3 Å². The first-order valence-electron chi connectivity index (χ1n) is 11.4. The number of aryl methyl sites for hydroxylation is 2. The standard InChI is InChI=1S/C26H28N2O5S/c1-18-10-11-22(34-18)25(30)27-13-12-20-24(26(31)32-2)21(17-23(29)28(20)15-14-27)33-16-6-9-19-7-4-3-5-8-19/h3-5,7-8,10-11,17H,6,9,12-16H2,1-2H3. The first kappa shape index (κ1) is 23.8. The molecule has 3 heterocycles. The van der Waals surface area contributed by atoms with E-state index in [0.717, 1.165) is 17.7 Å². The van der Waals surface area contributed by atoms with Gasteiger partial charge in [0.05, 0.1) is 18.6 Å². The average Bonchev–Trinajstić information content (AvgIpc) is 3.16. The molecule has 1 aromatic carbocycles. The second kappa shape index (κ2) is 10.7. The van der Waals surface area contributed by atoms with Gasteiger partial charge in [-0.05, 0) is 37.5 Å². The summed E-state index contributed by atoms with van der Waals surface area (Å²) in [5.41, 5.74) is 1.77. The molecule has 0 spiro atoms. The molecule has 7 nitrogen and oxygen atoms in total. The number of esters is 1. The lowest BCUT2D eigenvalue weighted by Gasteiger charge is -2.18. The van der Waals surface area contributed by atoms with Crippen molar-refractivity contribution in [2.75, 3.05) is 26.8 Å². The summed E-state index contributed by atoms with van der Waals surface area (Å²) < 4.78 is 12.5. The molecule has 0 saturated carbocycles. The number of ether oxygens (including phenoxy) is 2. The van der Waals surface area contributed by atoms with E-state index < -0.39 is 5.97 Å². The average molecular weight is 481 g/mol. The first-order valence-corrected chi connectivity index (χ1v) is 12.2. The zero-order valence-electron chi connectivity index (χ0n) is 19.4. The van der Waals surface area contributed by atoms with Crippen LogP contribution in [0.3, 0.4) is 0 Å². The van der Waals surface area contributed by atoms with Crippen LogP contribution in [0, 0.1) is 6.92 Å². The molecule has 1 aliphatic heterocycles. The van der Waals surface area contributed by atoms with Crippen LogP contribution in [0.2, 0.25) is 0 Å². The quantitative estimate of drug-likeness (QED) is 0.381. The van der Waals surface area contributed by atoms with E-state index in [2.05, 4.69) is 12.1 Å². The molecule has 1 aliphatic rings. The molecule has 4 rings (SSSR count). The Hall–Kier alpha value is -3.39. The van der Waals surface area contributed by atoms with Gasteiger partial charge in [-0.15, -0.1) is 11.3 Å². The van der Waals surface area contributed by atoms with Crippen LogP contribution in [0.25, 0.3) is 0 Å². The summed E-state index contributed by atoms with van der Waals surface area (Å²) in [6.45, 7) is 3.42. The minimum absolute atomic E-state index is 0.0593. The van der Waals surface area contributed by atoms with Gasteiger partial charge in [0.1, 0.15) is 11.3 Å². The van der Waals surface area contributed by atoms with Crippen molar-refractivity contribution in [3.8, 4) is 5.75 Å².